The van der Waals surface area contributed by atoms with Crippen molar-refractivity contribution in [2.24, 2.45) is 5.92 Å². The van der Waals surface area contributed by atoms with Gasteiger partial charge in [0.2, 0.25) is 5.91 Å². The van der Waals surface area contributed by atoms with E-state index < -0.39 is 0 Å². The summed E-state index contributed by atoms with van der Waals surface area (Å²) < 4.78 is 11.8. The monoisotopic (exact) mass is 531 g/mol. The van der Waals surface area contributed by atoms with E-state index in [0.29, 0.717) is 44.6 Å². The van der Waals surface area contributed by atoms with Gasteiger partial charge in [0.15, 0.2) is 0 Å². The third-order valence-corrected chi connectivity index (χ3v) is 8.52. The lowest BCUT2D eigenvalue weighted by atomic mass is 10.0. The summed E-state index contributed by atoms with van der Waals surface area (Å²) in [6, 6.07) is 0.101. The van der Waals surface area contributed by atoms with Gasteiger partial charge >= 0.3 is 0 Å². The molecule has 0 aliphatic carbocycles. The van der Waals surface area contributed by atoms with Crippen molar-refractivity contribution < 1.29 is 23.9 Å². The van der Waals surface area contributed by atoms with Crippen LogP contribution in [0, 0.1) is 5.92 Å². The predicted molar refractivity (Wildman–Crippen MR) is 148 cm³/mol. The maximum Gasteiger partial charge on any atom is 0.223 e. The second-order valence-electron chi connectivity index (χ2n) is 10.3. The zero-order chi connectivity index (χ0) is 26.2. The summed E-state index contributed by atoms with van der Waals surface area (Å²) >= 11 is 0. The SMILES string of the molecule is CC(C)OC[C@@H]1C[C@@H](OC(C)C)CN1C(=O)CCCSSCCCC(=O)CCCCC(=O)C(C)C. The summed E-state index contributed by atoms with van der Waals surface area (Å²) in [5, 5.41) is 0. The minimum absolute atomic E-state index is 0.0925. The molecule has 0 unspecified atom stereocenters. The topological polar surface area (TPSA) is 72.9 Å². The number of likely N-dealkylation sites (tertiary alicyclic amines) is 1. The van der Waals surface area contributed by atoms with Gasteiger partial charge in [0.25, 0.3) is 0 Å². The second-order valence-corrected chi connectivity index (χ2v) is 13.0. The molecule has 0 saturated carbocycles. The Hall–Kier alpha value is -0.570. The Morgan fingerprint density at radius 3 is 2.03 bits per heavy atom. The normalized spacial score (nSPS) is 18.3. The quantitative estimate of drug-likeness (QED) is 0.139. The van der Waals surface area contributed by atoms with Gasteiger partial charge in [-0.1, -0.05) is 35.4 Å². The van der Waals surface area contributed by atoms with Crippen molar-refractivity contribution in [3.05, 3.63) is 0 Å². The molecule has 1 aliphatic rings. The molecule has 35 heavy (non-hydrogen) atoms. The fraction of sp³-hybridized carbons (Fsp3) is 0.889. The molecule has 0 aromatic heterocycles. The van der Waals surface area contributed by atoms with Crippen LogP contribution in [0.2, 0.25) is 0 Å². The van der Waals surface area contributed by atoms with Crippen molar-refractivity contribution in [3.8, 4) is 0 Å². The summed E-state index contributed by atoms with van der Waals surface area (Å²) in [6.45, 7) is 13.2. The number of hydrogen-bond acceptors (Lipinski definition) is 7. The molecule has 0 spiro atoms. The van der Waals surface area contributed by atoms with Crippen LogP contribution in [-0.4, -0.2) is 71.4 Å². The number of amides is 1. The van der Waals surface area contributed by atoms with Crippen LogP contribution in [0.25, 0.3) is 0 Å². The summed E-state index contributed by atoms with van der Waals surface area (Å²) in [5.74, 6) is 2.77. The van der Waals surface area contributed by atoms with Gasteiger partial charge in [0.05, 0.1) is 31.0 Å². The Labute approximate surface area is 221 Å². The number of ether oxygens (including phenoxy) is 2. The molecule has 0 aromatic carbocycles. The molecule has 0 N–H and O–H groups in total. The van der Waals surface area contributed by atoms with E-state index in [2.05, 4.69) is 0 Å². The minimum Gasteiger partial charge on any atom is -0.377 e. The Balaban J connectivity index is 2.13. The molecule has 1 saturated heterocycles. The molecule has 1 fully saturated rings. The highest BCUT2D eigenvalue weighted by molar-refractivity contribution is 8.76. The zero-order valence-electron chi connectivity index (χ0n) is 22.9. The van der Waals surface area contributed by atoms with E-state index in [9.17, 15) is 14.4 Å². The van der Waals surface area contributed by atoms with Crippen LogP contribution in [0.3, 0.4) is 0 Å². The predicted octanol–water partition coefficient (Wildman–Crippen LogP) is 6.10. The number of ketones is 2. The lowest BCUT2D eigenvalue weighted by Crippen LogP contribution is -2.39. The average molecular weight is 532 g/mol. The van der Waals surface area contributed by atoms with Gasteiger partial charge < -0.3 is 14.4 Å². The van der Waals surface area contributed by atoms with E-state index >= 15 is 0 Å². The third kappa shape index (κ3) is 15.3. The molecule has 1 rings (SSSR count). The van der Waals surface area contributed by atoms with E-state index in [0.717, 1.165) is 43.6 Å². The zero-order valence-corrected chi connectivity index (χ0v) is 24.5. The van der Waals surface area contributed by atoms with Gasteiger partial charge in [-0.15, -0.1) is 0 Å². The van der Waals surface area contributed by atoms with Gasteiger partial charge in [0, 0.05) is 49.7 Å². The van der Waals surface area contributed by atoms with Crippen molar-refractivity contribution >= 4 is 39.1 Å². The molecule has 8 heteroatoms. The van der Waals surface area contributed by atoms with Crippen LogP contribution >= 0.6 is 21.6 Å². The van der Waals surface area contributed by atoms with E-state index in [-0.39, 0.29) is 42.0 Å². The number of nitrogens with zero attached hydrogens (tertiary/aromatic N) is 1. The minimum atomic E-state index is 0.0925. The van der Waals surface area contributed by atoms with E-state index in [1.807, 2.05) is 46.4 Å². The molecular formula is C27H49NO5S2. The molecule has 1 heterocycles. The van der Waals surface area contributed by atoms with Crippen molar-refractivity contribution in [3.63, 3.8) is 0 Å². The molecule has 1 amide bonds. The summed E-state index contributed by atoms with van der Waals surface area (Å²) in [7, 11) is 3.58. The Morgan fingerprint density at radius 2 is 1.43 bits per heavy atom. The van der Waals surface area contributed by atoms with E-state index in [1.165, 1.54) is 0 Å². The first kappa shape index (κ1) is 32.5. The van der Waals surface area contributed by atoms with Gasteiger partial charge in [0.1, 0.15) is 11.6 Å². The molecule has 204 valence electrons. The van der Waals surface area contributed by atoms with Gasteiger partial charge in [-0.05, 0) is 59.8 Å². The van der Waals surface area contributed by atoms with Gasteiger partial charge in [-0.3, -0.25) is 14.4 Å². The first-order chi connectivity index (χ1) is 16.6. The number of hydrogen-bond donors (Lipinski definition) is 0. The molecular weight excluding hydrogens is 482 g/mol. The van der Waals surface area contributed by atoms with Crippen LogP contribution in [-0.2, 0) is 23.9 Å². The highest BCUT2D eigenvalue weighted by atomic mass is 33.1. The summed E-state index contributed by atoms with van der Waals surface area (Å²) in [4.78, 5) is 38.4. The number of unbranched alkanes of at least 4 members (excludes halogenated alkanes) is 1. The smallest absolute Gasteiger partial charge is 0.223 e. The number of Topliss-reactive ketones (excluding diaryl/α,β-unsaturated/α-hetero) is 2. The van der Waals surface area contributed by atoms with Crippen LogP contribution in [0.1, 0.15) is 99.3 Å². The fourth-order valence-corrected chi connectivity index (χ4v) is 6.21. The maximum absolute atomic E-state index is 12.9. The van der Waals surface area contributed by atoms with Crippen LogP contribution < -0.4 is 0 Å². The highest BCUT2D eigenvalue weighted by Gasteiger charge is 2.36. The second kappa shape index (κ2) is 18.6. The van der Waals surface area contributed by atoms with Crippen LogP contribution in [0.4, 0.5) is 0 Å². The third-order valence-electron chi connectivity index (χ3n) is 5.94. The van der Waals surface area contributed by atoms with Gasteiger partial charge in [-0.25, -0.2) is 0 Å². The van der Waals surface area contributed by atoms with Crippen molar-refractivity contribution in [2.75, 3.05) is 24.7 Å². The van der Waals surface area contributed by atoms with Crippen LogP contribution in [0.5, 0.6) is 0 Å². The molecule has 1 aliphatic heterocycles. The van der Waals surface area contributed by atoms with Crippen molar-refractivity contribution in [2.45, 2.75) is 124 Å². The van der Waals surface area contributed by atoms with Gasteiger partial charge in [-0.2, -0.15) is 0 Å². The lowest BCUT2D eigenvalue weighted by Gasteiger charge is -2.25. The first-order valence-corrected chi connectivity index (χ1v) is 15.9. The van der Waals surface area contributed by atoms with Crippen molar-refractivity contribution in [1.29, 1.82) is 0 Å². The van der Waals surface area contributed by atoms with Crippen LogP contribution in [0.15, 0.2) is 0 Å². The molecule has 0 radical (unpaired) electrons. The van der Waals surface area contributed by atoms with E-state index in [1.54, 1.807) is 21.6 Å². The summed E-state index contributed by atoms with van der Waals surface area (Å²) in [6.07, 6.45) is 7.00. The number of carbonyl (C=O) groups excluding carboxylic acids is 3. The maximum atomic E-state index is 12.9. The number of rotatable bonds is 20. The number of carbonyl (C=O) groups is 3. The highest BCUT2D eigenvalue weighted by Crippen LogP contribution is 2.26. The molecule has 0 aromatic rings. The first-order valence-electron chi connectivity index (χ1n) is 13.5. The fourth-order valence-electron chi connectivity index (χ4n) is 4.03. The van der Waals surface area contributed by atoms with E-state index in [4.69, 9.17) is 9.47 Å². The largest absolute Gasteiger partial charge is 0.377 e. The average Bonchev–Trinajstić information content (AvgIpc) is 3.18. The van der Waals surface area contributed by atoms with Crippen molar-refractivity contribution in [1.82, 2.24) is 4.90 Å². The molecule has 6 nitrogen and oxygen atoms in total. The lowest BCUT2D eigenvalue weighted by molar-refractivity contribution is -0.134. The summed E-state index contributed by atoms with van der Waals surface area (Å²) in [5.41, 5.74) is 0. The Bertz CT molecular complexity index is 627. The Morgan fingerprint density at radius 1 is 0.829 bits per heavy atom. The Kier molecular flexibility index (Phi) is 17.3. The standard InChI is InChI=1S/C27H49NO5S2/c1-20(2)26(30)13-8-7-11-24(29)12-9-15-34-35-16-10-14-27(31)28-18-25(33-22(5)6)17-23(28)19-32-21(3)4/h20-23,25H,7-19H2,1-6H3/t23-,25+/m0/s1. The molecule has 0 bridgehead atoms. The molecule has 2 atom stereocenters.